The van der Waals surface area contributed by atoms with Crippen LogP contribution in [-0.4, -0.2) is 92.3 Å². The Hall–Kier alpha value is -1.13. The van der Waals surface area contributed by atoms with E-state index in [-0.39, 0.29) is 99.3 Å². The van der Waals surface area contributed by atoms with Crippen molar-refractivity contribution in [3.8, 4) is 0 Å². The van der Waals surface area contributed by atoms with Crippen LogP contribution in [-0.2, 0) is 38.2 Å². The molecule has 0 heterocycles. The van der Waals surface area contributed by atoms with Crippen LogP contribution in [0.4, 0.5) is 0 Å². The van der Waals surface area contributed by atoms with Crippen LogP contribution < -0.4 is 10.6 Å². The number of ether oxygens (including phenoxy) is 3. The Labute approximate surface area is 599 Å². The predicted octanol–water partition coefficient (Wildman–Crippen LogP) is 22.1. The van der Waals surface area contributed by atoms with Crippen molar-refractivity contribution < 1.29 is 87.4 Å². The first-order valence-corrected chi connectivity index (χ1v) is 39.4. The number of aldehydes is 1. The molecule has 0 spiro atoms. The number of nitrogens with one attached hydrogen (secondary N) is 2. The van der Waals surface area contributed by atoms with Gasteiger partial charge in [0.25, 0.3) is 0 Å². The molecule has 1 radical (unpaired) electrons. The smallest absolute Gasteiger partial charge is 0.306 e. The van der Waals surface area contributed by atoms with E-state index in [4.69, 9.17) is 14.2 Å². The topological polar surface area (TPSA) is 171 Å². The fourth-order valence-corrected chi connectivity index (χ4v) is 11.8. The first-order valence-electron chi connectivity index (χ1n) is 39.4. The number of aliphatic hydroxyl groups is 1. The minimum Gasteiger partial charge on any atom is -0.660 e. The second-order valence-corrected chi connectivity index (χ2v) is 26.9. The average molecular weight is 1500 g/mol. The molecule has 2 amide bonds. The number of carbonyl (C=O) groups is 5. The SMILES string of the molecule is CCCCCCCCCCCCCC(=O)N[C@@H](C=O)COCC[C@@H](CCCCCCC)OC(=O)CCCCCCCCCCC.CCCCCCCCCCCCCC(=O)N[C@@H](CO)C[N-]CC[C@@H](CCCCCCC)OC(=O)CCCCCCCCCCC.[Ac]. The molecule has 3 N–H and O–H groups in total. The van der Waals surface area contributed by atoms with Crippen molar-refractivity contribution in [3.05, 3.63) is 5.32 Å². The maximum absolute atomic E-state index is 12.6. The first kappa shape index (κ1) is 94.1. The maximum Gasteiger partial charge on any atom is 0.306 e. The number of aliphatic hydroxyl groups excluding tert-OH is 1. The van der Waals surface area contributed by atoms with Crippen LogP contribution in [0.3, 0.4) is 0 Å². The van der Waals surface area contributed by atoms with E-state index in [9.17, 15) is 29.1 Å². The van der Waals surface area contributed by atoms with Crippen molar-refractivity contribution in [2.45, 2.75) is 438 Å². The van der Waals surface area contributed by atoms with Crippen molar-refractivity contribution in [3.63, 3.8) is 0 Å². The first-order chi connectivity index (χ1) is 44.1. The van der Waals surface area contributed by atoms with Gasteiger partial charge >= 0.3 is 11.9 Å². The van der Waals surface area contributed by atoms with Crippen LogP contribution in [0, 0.1) is 44.1 Å². The zero-order valence-corrected chi connectivity index (χ0v) is 65.9. The van der Waals surface area contributed by atoms with E-state index in [1.165, 1.54) is 250 Å². The number of esters is 2. The van der Waals surface area contributed by atoms with Gasteiger partial charge in [-0.05, 0) is 57.8 Å². The Balaban J connectivity index is -0.00000168. The quantitative estimate of drug-likeness (QED) is 0.0304. The van der Waals surface area contributed by atoms with Crippen LogP contribution in [0.1, 0.15) is 414 Å². The van der Waals surface area contributed by atoms with E-state index in [1.807, 2.05) is 0 Å². The van der Waals surface area contributed by atoms with E-state index in [1.54, 1.807) is 0 Å². The third-order valence-corrected chi connectivity index (χ3v) is 17.8. The number of rotatable bonds is 72. The summed E-state index contributed by atoms with van der Waals surface area (Å²) in [7, 11) is 0. The van der Waals surface area contributed by atoms with E-state index < -0.39 is 6.04 Å². The molecule has 537 valence electrons. The molecule has 0 aromatic rings. The van der Waals surface area contributed by atoms with Gasteiger partial charge in [-0.15, -0.1) is 13.1 Å². The number of hydrogen-bond donors (Lipinski definition) is 3. The Morgan fingerprint density at radius 2 is 0.659 bits per heavy atom. The molecule has 0 saturated carbocycles. The molecule has 0 fully saturated rings. The summed E-state index contributed by atoms with van der Waals surface area (Å²) in [5.41, 5.74) is 0. The van der Waals surface area contributed by atoms with Crippen molar-refractivity contribution >= 4 is 30.0 Å². The van der Waals surface area contributed by atoms with E-state index >= 15 is 0 Å². The Kier molecular flexibility index (Phi) is 82.2. The standard InChI is InChI=1S/C39H77N2O4.C39H75NO5.Ac/c1-4-7-10-13-15-17-18-20-21-24-27-30-38(43)41-36(35-42)34-40-33-32-37(29-26-23-12-9-6-3)45-39(44)31-28-25-22-19-16-14-11-8-5-2;1-4-7-10-13-15-17-18-20-21-24-27-30-38(42)40-36(34-41)35-44-33-32-37(29-26-23-12-9-6-3)45-39(43)31-28-25-22-19-16-14-11-8-5-2;/h36-37,42H,4-35H2,1-3H3,(H,41,43);34,36-37H,4-33,35H2,1-3H3,(H,40,42);/q-1;;/t36-,37-;36-,37+;/m10./s1. The number of amides is 2. The monoisotopic (exact) mass is 1500 g/mol. The summed E-state index contributed by atoms with van der Waals surface area (Å²) < 4.78 is 17.6. The molecule has 13 heteroatoms. The van der Waals surface area contributed by atoms with E-state index in [0.717, 1.165) is 89.8 Å². The van der Waals surface area contributed by atoms with Gasteiger partial charge in [-0.2, -0.15) is 0 Å². The average Bonchev–Trinajstić information content (AvgIpc) is 3.66. The summed E-state index contributed by atoms with van der Waals surface area (Å²) >= 11 is 0. The predicted molar refractivity (Wildman–Crippen MR) is 383 cm³/mol. The largest absolute Gasteiger partial charge is 0.660 e. The van der Waals surface area contributed by atoms with Gasteiger partial charge in [0, 0.05) is 82.2 Å². The van der Waals surface area contributed by atoms with Gasteiger partial charge in [0.05, 0.1) is 19.8 Å². The molecule has 12 nitrogen and oxygen atoms in total. The second kappa shape index (κ2) is 79.6. The summed E-state index contributed by atoms with van der Waals surface area (Å²) in [5.74, 6) is -0.242. The minimum atomic E-state index is -0.633. The van der Waals surface area contributed by atoms with Crippen molar-refractivity contribution in [2.75, 3.05) is 32.9 Å². The van der Waals surface area contributed by atoms with E-state index in [2.05, 4.69) is 57.5 Å². The molecule has 0 aliphatic carbocycles. The van der Waals surface area contributed by atoms with Gasteiger partial charge in [-0.1, -0.05) is 324 Å². The summed E-state index contributed by atoms with van der Waals surface area (Å²) in [4.78, 5) is 61.5. The normalized spacial score (nSPS) is 12.5. The number of nitrogens with zero attached hydrogens (tertiary/aromatic N) is 1. The molecule has 4 atom stereocenters. The van der Waals surface area contributed by atoms with Gasteiger partial charge in [0.2, 0.25) is 11.8 Å². The molecule has 0 aromatic heterocycles. The fourth-order valence-electron chi connectivity index (χ4n) is 11.8. The summed E-state index contributed by atoms with van der Waals surface area (Å²) in [6.45, 7) is 14.9. The summed E-state index contributed by atoms with van der Waals surface area (Å²) in [6.07, 6.45) is 67.1. The Bertz CT molecular complexity index is 1510. The third-order valence-electron chi connectivity index (χ3n) is 17.8. The molecule has 91 heavy (non-hydrogen) atoms. The maximum atomic E-state index is 12.6. The zero-order chi connectivity index (χ0) is 66.1. The molecule has 0 saturated heterocycles. The van der Waals surface area contributed by atoms with Crippen LogP contribution in [0.5, 0.6) is 0 Å². The Morgan fingerprint density at radius 1 is 0.374 bits per heavy atom. The molecule has 0 unspecified atom stereocenters. The van der Waals surface area contributed by atoms with Crippen LogP contribution in [0.15, 0.2) is 0 Å². The summed E-state index contributed by atoms with van der Waals surface area (Å²) in [6, 6.07) is -0.973. The fraction of sp³-hybridized carbons (Fsp3) is 0.936. The zero-order valence-electron chi connectivity index (χ0n) is 61.2. The van der Waals surface area contributed by atoms with Crippen molar-refractivity contribution in [1.29, 1.82) is 0 Å². The Morgan fingerprint density at radius 3 is 0.978 bits per heavy atom. The van der Waals surface area contributed by atoms with Crippen molar-refractivity contribution in [2.24, 2.45) is 0 Å². The molecule has 0 aliphatic heterocycles. The molecular formula is C78H152AcN3O9-. The van der Waals surface area contributed by atoms with Gasteiger partial charge in [0.15, 0.2) is 0 Å². The van der Waals surface area contributed by atoms with Gasteiger partial charge in [0.1, 0.15) is 24.5 Å². The van der Waals surface area contributed by atoms with Gasteiger partial charge in [-0.25, -0.2) is 0 Å². The van der Waals surface area contributed by atoms with Crippen LogP contribution >= 0.6 is 0 Å². The second-order valence-electron chi connectivity index (χ2n) is 26.9. The number of unbranched alkanes of at least 4 members (excludes halogenated alkanes) is 44. The molecule has 0 bridgehead atoms. The van der Waals surface area contributed by atoms with E-state index in [0.29, 0.717) is 58.2 Å². The summed E-state index contributed by atoms with van der Waals surface area (Å²) in [5, 5.41) is 20.2. The number of hydrogen-bond acceptors (Lipinski definition) is 9. The van der Waals surface area contributed by atoms with Crippen molar-refractivity contribution in [1.82, 2.24) is 10.6 Å². The van der Waals surface area contributed by atoms with Gasteiger partial charge in [-0.3, -0.25) is 19.2 Å². The molecular weight excluding hydrogens is 1350 g/mol. The molecule has 0 aliphatic rings. The van der Waals surface area contributed by atoms with Crippen LogP contribution in [0.2, 0.25) is 0 Å². The molecule has 0 rings (SSSR count). The minimum absolute atomic E-state index is 0. The third kappa shape index (κ3) is 74.5. The van der Waals surface area contributed by atoms with Crippen LogP contribution in [0.25, 0.3) is 5.32 Å². The molecule has 0 aromatic carbocycles. The number of carbonyl (C=O) groups excluding carboxylic acids is 5. The van der Waals surface area contributed by atoms with Gasteiger partial charge < -0.3 is 40.1 Å².